The van der Waals surface area contributed by atoms with Crippen LogP contribution in [0, 0.1) is 39.9 Å². The summed E-state index contributed by atoms with van der Waals surface area (Å²) in [4.78, 5) is 74.5. The molecule has 3 unspecified atom stereocenters. The summed E-state index contributed by atoms with van der Waals surface area (Å²) in [6.45, 7) is 2.79. The van der Waals surface area contributed by atoms with E-state index in [9.17, 15) is 34.2 Å². The number of halogens is 2. The number of alkyl halides is 2. The molecule has 6 N–H and O–H groups in total. The topological polar surface area (TPSA) is 269 Å². The molecule has 1 aromatic carbocycles. The minimum Gasteiger partial charge on any atom is -0.493 e. The van der Waals surface area contributed by atoms with Crippen LogP contribution in [0.3, 0.4) is 0 Å². The highest BCUT2D eigenvalue weighted by atomic mass is 19.1. The van der Waals surface area contributed by atoms with Gasteiger partial charge in [-0.2, -0.15) is 0 Å². The molecule has 3 saturated carbocycles. The molecule has 4 aliphatic carbocycles. The fourth-order valence-electron chi connectivity index (χ4n) is 10.2. The average Bonchev–Trinajstić information content (AvgIpc) is 3.41. The molecule has 60 heavy (non-hydrogen) atoms. The molecule has 1 aromatic rings. The predicted octanol–water partition coefficient (Wildman–Crippen LogP) is 4.38. The van der Waals surface area contributed by atoms with E-state index in [2.05, 4.69) is 9.68 Å². The Hall–Kier alpha value is -4.45. The first kappa shape index (κ1) is 46.6. The van der Waals surface area contributed by atoms with Gasteiger partial charge in [0.25, 0.3) is 0 Å². The van der Waals surface area contributed by atoms with Crippen LogP contribution in [0.1, 0.15) is 69.7 Å². The molecule has 0 heterocycles. The maximum Gasteiger partial charge on any atom is 0.514 e. The smallest absolute Gasteiger partial charge is 0.493 e. The van der Waals surface area contributed by atoms with Crippen molar-refractivity contribution >= 4 is 29.7 Å². The summed E-state index contributed by atoms with van der Waals surface area (Å²) in [7, 11) is 1.22. The number of ether oxygens (including phenoxy) is 4. The van der Waals surface area contributed by atoms with E-state index in [0.717, 1.165) is 12.2 Å². The second-order valence-electron chi connectivity index (χ2n) is 16.1. The summed E-state index contributed by atoms with van der Waals surface area (Å²) < 4.78 is 55.0. The summed E-state index contributed by atoms with van der Waals surface area (Å²) >= 11 is 0. The van der Waals surface area contributed by atoms with E-state index in [1.807, 2.05) is 0 Å². The van der Waals surface area contributed by atoms with Crippen LogP contribution < -0.4 is 9.47 Å². The lowest BCUT2D eigenvalue weighted by atomic mass is 9.43. The van der Waals surface area contributed by atoms with Crippen LogP contribution in [-0.4, -0.2) is 123 Å². The van der Waals surface area contributed by atoms with Gasteiger partial charge in [-0.1, -0.05) is 19.9 Å². The summed E-state index contributed by atoms with van der Waals surface area (Å²) in [5, 5.41) is 56.6. The Morgan fingerprint density at radius 2 is 1.60 bits per heavy atom. The number of hydrogen-bond acceptors (Lipinski definition) is 18. The first-order valence-electron chi connectivity index (χ1n) is 19.2. The van der Waals surface area contributed by atoms with E-state index in [1.165, 1.54) is 45.2 Å². The van der Waals surface area contributed by atoms with E-state index in [-0.39, 0.29) is 48.7 Å². The van der Waals surface area contributed by atoms with Crippen molar-refractivity contribution in [3.63, 3.8) is 0 Å². The van der Waals surface area contributed by atoms with Crippen molar-refractivity contribution in [2.45, 2.75) is 77.2 Å². The van der Waals surface area contributed by atoms with Crippen LogP contribution in [0.4, 0.5) is 13.6 Å². The Bertz CT molecular complexity index is 1880. The minimum atomic E-state index is -2.55. The number of nitrogens with zero attached hydrogens (tertiary/aromatic N) is 2. The summed E-state index contributed by atoms with van der Waals surface area (Å²) in [6.07, 6.45) is -2.44. The second kappa shape index (κ2) is 18.3. The van der Waals surface area contributed by atoms with Gasteiger partial charge in [-0.3, -0.25) is 44.9 Å². The van der Waals surface area contributed by atoms with Crippen LogP contribution in [0.15, 0.2) is 42.0 Å². The van der Waals surface area contributed by atoms with Gasteiger partial charge in [0.1, 0.15) is 6.17 Å². The lowest BCUT2D eigenvalue weighted by Crippen LogP contribution is -2.69. The van der Waals surface area contributed by atoms with Gasteiger partial charge >= 0.3 is 18.1 Å². The maximum absolute atomic E-state index is 17.9. The molecule has 4 aliphatic rings. The van der Waals surface area contributed by atoms with Crippen molar-refractivity contribution < 1.29 is 92.4 Å². The Balaban J connectivity index is 1.38. The Labute approximate surface area is 342 Å². The molecule has 5 rings (SSSR count). The molecule has 0 amide bonds. The van der Waals surface area contributed by atoms with Crippen LogP contribution in [-0.2, 0) is 33.5 Å². The lowest BCUT2D eigenvalue weighted by molar-refractivity contribution is -0.493. The number of allylic oxidation sites excluding steroid dienone is 4. The number of Topliss-reactive ketones (excluding diaryl/α,β-unsaturated/α-hetero) is 1. The maximum atomic E-state index is 17.9. The average molecular weight is 857 g/mol. The minimum absolute atomic E-state index is 0.0150. The van der Waals surface area contributed by atoms with Gasteiger partial charge < -0.3 is 29.2 Å². The number of benzene rings is 1. The number of unbranched alkanes of at least 4 members (excludes halogenated alkanes) is 1. The van der Waals surface area contributed by atoms with Gasteiger partial charge in [0.15, 0.2) is 35.3 Å². The van der Waals surface area contributed by atoms with Crippen molar-refractivity contribution in [2.24, 2.45) is 39.9 Å². The largest absolute Gasteiger partial charge is 0.514 e. The van der Waals surface area contributed by atoms with E-state index in [4.69, 9.17) is 39.8 Å². The van der Waals surface area contributed by atoms with E-state index in [1.54, 1.807) is 6.92 Å². The SMILES string of the molecule is COc1cc(C(=O)OCCCCON(O)O)ccc1OC(=O)OCC(=O)[C@@]1(C)[C@H](C(CCON(O)O)C(=O)O)CC2C3C[C@H](F)C4=CC(=O)C=C[C@]4(C)[C@@]3(F)[C@@H](O)C[C@@]21C. The molecular weight excluding hydrogens is 806 g/mol. The van der Waals surface area contributed by atoms with Crippen molar-refractivity contribution in [1.29, 1.82) is 0 Å². The number of carbonyl (C=O) groups is 5. The molecular formula is C39H50F2N2O17. The number of aliphatic carboxylic acids is 1. The summed E-state index contributed by atoms with van der Waals surface area (Å²) in [5.41, 5.74) is -7.68. The van der Waals surface area contributed by atoms with Gasteiger partial charge in [-0.25, -0.2) is 18.4 Å². The molecule has 0 aromatic heterocycles. The standard InChI is InChI=1S/C39H50F2N2O17/c1-36-11-9-22(44)16-27(36)28(40)18-26-25-17-24(23(33(47)48)10-14-59-43(53)54)38(3,37(25,2)19-31(45)39(26,36)41)32(46)20-57-35(50)60-29-8-7-21(15-30(29)55-4)34(49)56-12-5-6-13-58-42(51)52/h7-9,11,15-16,23-26,28,31,45,51-54H,5-6,10,12-14,17-20H2,1-4H3,(H,47,48)/t23?,24-,25?,26?,28-,31-,36-,37-,38+,39-/m0/s1. The van der Waals surface area contributed by atoms with Crippen LogP contribution in [0.5, 0.6) is 11.5 Å². The lowest BCUT2D eigenvalue weighted by Gasteiger charge is -2.63. The third-order valence-corrected chi connectivity index (χ3v) is 13.4. The van der Waals surface area contributed by atoms with E-state index >= 15 is 8.78 Å². The highest BCUT2D eigenvalue weighted by Crippen LogP contribution is 2.74. The molecule has 10 atom stereocenters. The number of esters is 1. The molecule has 19 nitrogen and oxygen atoms in total. The van der Waals surface area contributed by atoms with Crippen LogP contribution in [0.2, 0.25) is 0 Å². The molecule has 3 fully saturated rings. The van der Waals surface area contributed by atoms with Gasteiger partial charge in [-0.15, -0.1) is 0 Å². The number of carboxylic acids is 1. The number of carboxylic acid groups (broad SMARTS) is 1. The molecule has 0 spiro atoms. The van der Waals surface area contributed by atoms with Crippen LogP contribution in [0.25, 0.3) is 0 Å². The molecule has 0 saturated heterocycles. The molecule has 21 heteroatoms. The fourth-order valence-corrected chi connectivity index (χ4v) is 10.2. The quantitative estimate of drug-likeness (QED) is 0.0517. The summed E-state index contributed by atoms with van der Waals surface area (Å²) in [6, 6.07) is 3.68. The third kappa shape index (κ3) is 8.55. The molecule has 0 bridgehead atoms. The number of ketones is 2. The van der Waals surface area contributed by atoms with Crippen molar-refractivity contribution in [3.05, 3.63) is 47.6 Å². The number of methoxy groups -OCH3 is 1. The second-order valence-corrected chi connectivity index (χ2v) is 16.1. The van der Waals surface area contributed by atoms with Gasteiger partial charge in [0.2, 0.25) is 0 Å². The third-order valence-electron chi connectivity index (χ3n) is 13.4. The number of fused-ring (bicyclic) bond motifs is 5. The summed E-state index contributed by atoms with van der Waals surface area (Å²) in [5.74, 6) is -8.71. The van der Waals surface area contributed by atoms with E-state index in [0.29, 0.717) is 12.8 Å². The van der Waals surface area contributed by atoms with Crippen molar-refractivity contribution in [3.8, 4) is 11.5 Å². The highest BCUT2D eigenvalue weighted by molar-refractivity contribution is 6.01. The predicted molar refractivity (Wildman–Crippen MR) is 194 cm³/mol. The zero-order valence-electron chi connectivity index (χ0n) is 33.3. The number of carbonyl (C=O) groups excluding carboxylic acids is 4. The highest BCUT2D eigenvalue weighted by Gasteiger charge is 2.76. The number of aliphatic hydroxyl groups excluding tert-OH is 1. The Morgan fingerprint density at radius 1 is 0.933 bits per heavy atom. The Kier molecular flexibility index (Phi) is 14.2. The van der Waals surface area contributed by atoms with Crippen molar-refractivity contribution in [1.82, 2.24) is 10.8 Å². The number of aliphatic hydroxyl groups is 1. The monoisotopic (exact) mass is 856 g/mol. The van der Waals surface area contributed by atoms with Gasteiger partial charge in [0.05, 0.1) is 55.3 Å². The molecule has 332 valence electrons. The normalized spacial score (nSPS) is 32.4. The number of hydrogen-bond donors (Lipinski definition) is 6. The molecule has 0 aliphatic heterocycles. The fraction of sp³-hybridized carbons (Fsp3) is 0.615. The first-order chi connectivity index (χ1) is 28.1. The zero-order chi connectivity index (χ0) is 44.4. The molecule has 0 radical (unpaired) electrons. The Morgan fingerprint density at radius 3 is 2.25 bits per heavy atom. The van der Waals surface area contributed by atoms with Crippen molar-refractivity contribution in [2.75, 3.05) is 33.5 Å². The van der Waals surface area contributed by atoms with Gasteiger partial charge in [-0.05, 0) is 98.6 Å². The van der Waals surface area contributed by atoms with Crippen LogP contribution >= 0.6 is 0 Å². The van der Waals surface area contributed by atoms with E-state index < -0.39 is 124 Å². The number of rotatable bonds is 18. The van der Waals surface area contributed by atoms with Gasteiger partial charge in [0, 0.05) is 16.7 Å². The zero-order valence-corrected chi connectivity index (χ0v) is 33.3. The first-order valence-corrected chi connectivity index (χ1v) is 19.2.